The molecule has 0 aliphatic rings. The highest BCUT2D eigenvalue weighted by molar-refractivity contribution is 5.95. The summed E-state index contributed by atoms with van der Waals surface area (Å²) in [5.74, 6) is 0.237. The minimum Gasteiger partial charge on any atom is -0.384 e. The van der Waals surface area contributed by atoms with Crippen molar-refractivity contribution in [3.8, 4) is 11.1 Å². The van der Waals surface area contributed by atoms with E-state index in [0.29, 0.717) is 11.1 Å². The number of hydrogen-bond donors (Lipinski definition) is 3. The zero-order valence-electron chi connectivity index (χ0n) is 10.6. The van der Waals surface area contributed by atoms with Gasteiger partial charge in [-0.15, -0.1) is 0 Å². The van der Waals surface area contributed by atoms with Crippen LogP contribution in [0.1, 0.15) is 5.56 Å². The average Bonchev–Trinajstić information content (AvgIpc) is 2.78. The van der Waals surface area contributed by atoms with E-state index in [1.807, 2.05) is 0 Å². The van der Waals surface area contributed by atoms with Crippen molar-refractivity contribution in [1.29, 1.82) is 0 Å². The quantitative estimate of drug-likeness (QED) is 0.643. The highest BCUT2D eigenvalue weighted by atomic mass is 19.4. The third kappa shape index (κ3) is 2.24. The second-order valence-electron chi connectivity index (χ2n) is 4.52. The van der Waals surface area contributed by atoms with E-state index < -0.39 is 11.7 Å². The van der Waals surface area contributed by atoms with Crippen LogP contribution in [0.2, 0.25) is 0 Å². The van der Waals surface area contributed by atoms with Gasteiger partial charge in [0.15, 0.2) is 5.82 Å². The molecule has 0 saturated heterocycles. The molecule has 3 rings (SSSR count). The molecule has 2 aromatic heterocycles. The first-order valence-corrected chi connectivity index (χ1v) is 5.93. The molecule has 2 heterocycles. The molecule has 21 heavy (non-hydrogen) atoms. The number of rotatable bonds is 1. The minimum atomic E-state index is -4.52. The molecule has 3 aromatic rings. The van der Waals surface area contributed by atoms with E-state index in [0.717, 1.165) is 6.07 Å². The number of benzene rings is 1. The Bertz CT molecular complexity index is 822. The summed E-state index contributed by atoms with van der Waals surface area (Å²) in [6.07, 6.45) is -3.09. The second-order valence-corrected chi connectivity index (χ2v) is 4.52. The summed E-state index contributed by atoms with van der Waals surface area (Å²) in [7, 11) is 0. The van der Waals surface area contributed by atoms with Crippen molar-refractivity contribution in [3.05, 3.63) is 36.0 Å². The molecule has 8 heteroatoms. The summed E-state index contributed by atoms with van der Waals surface area (Å²) >= 11 is 0. The van der Waals surface area contributed by atoms with Crippen LogP contribution in [0.15, 0.2) is 30.5 Å². The maximum Gasteiger partial charge on any atom is 0.418 e. The molecule has 108 valence electrons. The molecule has 0 atom stereocenters. The number of H-pyrrole nitrogens is 1. The van der Waals surface area contributed by atoms with E-state index in [1.54, 1.807) is 6.07 Å². The van der Waals surface area contributed by atoms with Crippen molar-refractivity contribution in [2.24, 2.45) is 0 Å². The van der Waals surface area contributed by atoms with Crippen LogP contribution in [0.25, 0.3) is 22.0 Å². The molecule has 5 nitrogen and oxygen atoms in total. The maximum absolute atomic E-state index is 13.2. The molecule has 0 fully saturated rings. The third-order valence-corrected chi connectivity index (χ3v) is 3.12. The lowest BCUT2D eigenvalue weighted by atomic mass is 10.0. The zero-order valence-corrected chi connectivity index (χ0v) is 10.6. The fraction of sp³-hybridized carbons (Fsp3) is 0.0769. The van der Waals surface area contributed by atoms with Gasteiger partial charge in [-0.05, 0) is 35.4 Å². The molecule has 0 spiro atoms. The average molecular weight is 293 g/mol. The normalized spacial score (nSPS) is 12.0. The number of nitrogens with zero attached hydrogens (tertiary/aromatic N) is 2. The van der Waals surface area contributed by atoms with Gasteiger partial charge in [0.05, 0.1) is 11.1 Å². The van der Waals surface area contributed by atoms with Gasteiger partial charge in [-0.3, -0.25) is 5.10 Å². The van der Waals surface area contributed by atoms with Crippen LogP contribution in [0.5, 0.6) is 0 Å². The van der Waals surface area contributed by atoms with Crippen LogP contribution in [0.3, 0.4) is 0 Å². The molecule has 0 saturated carbocycles. The summed E-state index contributed by atoms with van der Waals surface area (Å²) in [6.45, 7) is 0. The molecular formula is C13H10F3N5. The van der Waals surface area contributed by atoms with Gasteiger partial charge in [0.2, 0.25) is 0 Å². The van der Waals surface area contributed by atoms with Gasteiger partial charge in [-0.25, -0.2) is 4.98 Å². The van der Waals surface area contributed by atoms with E-state index in [9.17, 15) is 13.2 Å². The first-order valence-electron chi connectivity index (χ1n) is 5.93. The van der Waals surface area contributed by atoms with Crippen molar-refractivity contribution in [3.63, 3.8) is 0 Å². The third-order valence-electron chi connectivity index (χ3n) is 3.12. The number of nitrogens with one attached hydrogen (secondary N) is 1. The molecule has 0 bridgehead atoms. The van der Waals surface area contributed by atoms with Gasteiger partial charge in [-0.1, -0.05) is 0 Å². The monoisotopic (exact) mass is 293 g/mol. The first kappa shape index (κ1) is 13.2. The van der Waals surface area contributed by atoms with Crippen LogP contribution < -0.4 is 11.5 Å². The number of pyridine rings is 1. The Balaban J connectivity index is 2.32. The summed E-state index contributed by atoms with van der Waals surface area (Å²) in [5, 5.41) is 6.18. The van der Waals surface area contributed by atoms with E-state index in [4.69, 9.17) is 11.5 Å². The summed E-state index contributed by atoms with van der Waals surface area (Å²) < 4.78 is 39.5. The molecular weight excluding hydrogens is 283 g/mol. The Morgan fingerprint density at radius 2 is 1.81 bits per heavy atom. The highest BCUT2D eigenvalue weighted by Crippen LogP contribution is 2.38. The molecule has 0 amide bonds. The van der Waals surface area contributed by atoms with Crippen LogP contribution >= 0.6 is 0 Å². The van der Waals surface area contributed by atoms with Gasteiger partial charge >= 0.3 is 6.18 Å². The lowest BCUT2D eigenvalue weighted by molar-refractivity contribution is -0.136. The SMILES string of the molecule is Nc1cc(-c2cc(C(F)(F)F)c3[nH]nc(N)c3c2)ccn1. The number of aromatic amines is 1. The molecule has 0 aliphatic heterocycles. The Morgan fingerprint density at radius 1 is 1.05 bits per heavy atom. The fourth-order valence-electron chi connectivity index (χ4n) is 2.16. The standard InChI is InChI=1S/C13H10F3N5/c14-13(15,16)9-4-7(6-1-2-19-10(17)5-6)3-8-11(9)20-21-12(8)18/h1-5H,(H2,17,19)(H3,18,20,21). The van der Waals surface area contributed by atoms with Gasteiger partial charge in [0.25, 0.3) is 0 Å². The smallest absolute Gasteiger partial charge is 0.384 e. The topological polar surface area (TPSA) is 93.6 Å². The Labute approximate surface area is 116 Å². The zero-order chi connectivity index (χ0) is 15.2. The second kappa shape index (κ2) is 4.37. The molecule has 0 radical (unpaired) electrons. The molecule has 0 aliphatic carbocycles. The molecule has 5 N–H and O–H groups in total. The van der Waals surface area contributed by atoms with Gasteiger partial charge in [-0.2, -0.15) is 18.3 Å². The minimum absolute atomic E-state index is 0.0133. The van der Waals surface area contributed by atoms with E-state index in [2.05, 4.69) is 15.2 Å². The predicted octanol–water partition coefficient (Wildman–Crippen LogP) is 2.81. The van der Waals surface area contributed by atoms with Crippen LogP contribution in [-0.2, 0) is 6.18 Å². The van der Waals surface area contributed by atoms with Crippen molar-refractivity contribution in [1.82, 2.24) is 15.2 Å². The van der Waals surface area contributed by atoms with Crippen LogP contribution in [-0.4, -0.2) is 15.2 Å². The lowest BCUT2D eigenvalue weighted by Gasteiger charge is -2.11. The molecule has 1 aromatic carbocycles. The van der Waals surface area contributed by atoms with E-state index in [-0.39, 0.29) is 22.5 Å². The maximum atomic E-state index is 13.2. The summed E-state index contributed by atoms with van der Waals surface area (Å²) in [6, 6.07) is 5.65. The number of fused-ring (bicyclic) bond motifs is 1. The Hall–Kier alpha value is -2.77. The number of anilines is 2. The van der Waals surface area contributed by atoms with Gasteiger partial charge in [0.1, 0.15) is 5.82 Å². The fourth-order valence-corrected chi connectivity index (χ4v) is 2.16. The van der Waals surface area contributed by atoms with Crippen molar-refractivity contribution in [2.45, 2.75) is 6.18 Å². The van der Waals surface area contributed by atoms with Crippen LogP contribution in [0, 0.1) is 0 Å². The molecule has 0 unspecified atom stereocenters. The van der Waals surface area contributed by atoms with Gasteiger partial charge < -0.3 is 11.5 Å². The largest absolute Gasteiger partial charge is 0.418 e. The number of hydrogen-bond acceptors (Lipinski definition) is 4. The van der Waals surface area contributed by atoms with Crippen LogP contribution in [0.4, 0.5) is 24.8 Å². The van der Waals surface area contributed by atoms with Crippen molar-refractivity contribution in [2.75, 3.05) is 11.5 Å². The number of nitrogen functional groups attached to an aromatic ring is 2. The lowest BCUT2D eigenvalue weighted by Crippen LogP contribution is -2.06. The first-order chi connectivity index (χ1) is 9.86. The van der Waals surface area contributed by atoms with Crippen molar-refractivity contribution < 1.29 is 13.2 Å². The van der Waals surface area contributed by atoms with E-state index in [1.165, 1.54) is 18.3 Å². The van der Waals surface area contributed by atoms with Crippen molar-refractivity contribution >= 4 is 22.5 Å². The Morgan fingerprint density at radius 3 is 2.48 bits per heavy atom. The van der Waals surface area contributed by atoms with E-state index >= 15 is 0 Å². The number of aromatic nitrogens is 3. The predicted molar refractivity (Wildman–Crippen MR) is 73.2 cm³/mol. The highest BCUT2D eigenvalue weighted by Gasteiger charge is 2.34. The number of alkyl halides is 3. The number of halogens is 3. The number of nitrogens with two attached hydrogens (primary N) is 2. The summed E-state index contributed by atoms with van der Waals surface area (Å²) in [5.41, 5.74) is 11.1. The summed E-state index contributed by atoms with van der Waals surface area (Å²) in [4.78, 5) is 3.82. The Kier molecular flexibility index (Phi) is 2.75. The van der Waals surface area contributed by atoms with Gasteiger partial charge in [0, 0.05) is 11.6 Å².